The fraction of sp³-hybridized carbons (Fsp3) is 0.269. The summed E-state index contributed by atoms with van der Waals surface area (Å²) < 4.78 is 58.3. The van der Waals surface area contributed by atoms with Crippen LogP contribution in [0.5, 0.6) is 5.88 Å². The van der Waals surface area contributed by atoms with E-state index in [0.717, 1.165) is 11.1 Å². The summed E-state index contributed by atoms with van der Waals surface area (Å²) in [6.07, 6.45) is -1.82. The van der Waals surface area contributed by atoms with Crippen molar-refractivity contribution >= 4 is 21.1 Å². The molecule has 9 nitrogen and oxygen atoms in total. The number of nitrogens with one attached hydrogen (secondary N) is 2. The molecule has 6 rings (SSSR count). The van der Waals surface area contributed by atoms with Crippen LogP contribution in [-0.2, 0) is 19.5 Å². The number of halogens is 1. The third-order valence-electron chi connectivity index (χ3n) is 6.72. The van der Waals surface area contributed by atoms with Crippen molar-refractivity contribution in [1.29, 1.82) is 0 Å². The summed E-state index contributed by atoms with van der Waals surface area (Å²) in [5.74, 6) is -0.0702. The predicted molar refractivity (Wildman–Crippen MR) is 133 cm³/mol. The number of hydrogen-bond donors (Lipinski definition) is 3. The lowest BCUT2D eigenvalue weighted by Gasteiger charge is -2.16. The van der Waals surface area contributed by atoms with E-state index in [9.17, 15) is 17.9 Å². The van der Waals surface area contributed by atoms with Crippen LogP contribution in [0.25, 0.3) is 33.4 Å². The molecule has 0 unspecified atom stereocenters. The van der Waals surface area contributed by atoms with Crippen molar-refractivity contribution in [3.05, 3.63) is 66.5 Å². The maximum absolute atomic E-state index is 15.0. The lowest BCUT2D eigenvalue weighted by molar-refractivity contribution is 0.00794. The molecule has 0 spiro atoms. The highest BCUT2D eigenvalue weighted by molar-refractivity contribution is 7.89. The first-order chi connectivity index (χ1) is 17.8. The lowest BCUT2D eigenvalue weighted by atomic mass is 10.0. The number of H-pyrrole nitrogens is 1. The number of ether oxygens (including phenoxy) is 3. The van der Waals surface area contributed by atoms with Crippen LogP contribution >= 0.6 is 0 Å². The number of sulfonamides is 1. The van der Waals surface area contributed by atoms with Gasteiger partial charge >= 0.3 is 0 Å². The van der Waals surface area contributed by atoms with Crippen molar-refractivity contribution in [2.45, 2.75) is 29.3 Å². The molecular weight excluding hydrogens is 501 g/mol. The first kappa shape index (κ1) is 24.0. The van der Waals surface area contributed by atoms with E-state index in [1.54, 1.807) is 30.3 Å². The highest BCUT2D eigenvalue weighted by Gasteiger charge is 2.48. The van der Waals surface area contributed by atoms with Gasteiger partial charge in [0.1, 0.15) is 24.0 Å². The molecule has 0 saturated carbocycles. The summed E-state index contributed by atoms with van der Waals surface area (Å²) in [5.41, 5.74) is 3.52. The Morgan fingerprint density at radius 2 is 1.65 bits per heavy atom. The number of aliphatic hydroxyl groups excluding tert-OH is 1. The fourth-order valence-electron chi connectivity index (χ4n) is 4.75. The molecule has 192 valence electrons. The van der Waals surface area contributed by atoms with E-state index < -0.39 is 28.0 Å². The molecule has 3 N–H and O–H groups in total. The number of aromatic amines is 1. The molecule has 37 heavy (non-hydrogen) atoms. The van der Waals surface area contributed by atoms with Gasteiger partial charge < -0.3 is 24.3 Å². The van der Waals surface area contributed by atoms with Crippen LogP contribution < -0.4 is 9.46 Å². The highest BCUT2D eigenvalue weighted by Crippen LogP contribution is 2.32. The molecule has 0 bridgehead atoms. The van der Waals surface area contributed by atoms with Gasteiger partial charge in [-0.05, 0) is 30.3 Å². The molecule has 11 heteroatoms. The lowest BCUT2D eigenvalue weighted by Crippen LogP contribution is -2.34. The fourth-order valence-corrected chi connectivity index (χ4v) is 5.48. The number of nitrogens with zero attached hydrogens (tertiary/aromatic N) is 1. The second-order valence-corrected chi connectivity index (χ2v) is 10.9. The van der Waals surface area contributed by atoms with Crippen LogP contribution in [0.4, 0.5) is 4.39 Å². The van der Waals surface area contributed by atoms with Crippen LogP contribution in [0.3, 0.4) is 0 Å². The van der Waals surface area contributed by atoms with E-state index in [1.807, 2.05) is 12.1 Å². The van der Waals surface area contributed by atoms with Crippen LogP contribution in [0.2, 0.25) is 0 Å². The molecule has 2 saturated heterocycles. The van der Waals surface area contributed by atoms with Gasteiger partial charge in [-0.1, -0.05) is 36.4 Å². The third-order valence-corrected chi connectivity index (χ3v) is 8.15. The van der Waals surface area contributed by atoms with Crippen LogP contribution in [0.15, 0.2) is 65.6 Å². The molecule has 2 aliphatic rings. The van der Waals surface area contributed by atoms with E-state index in [2.05, 4.69) is 14.7 Å². The van der Waals surface area contributed by atoms with Crippen molar-refractivity contribution in [2.75, 3.05) is 20.3 Å². The molecular formula is C26H24FN3O6S. The Balaban J connectivity index is 1.22. The summed E-state index contributed by atoms with van der Waals surface area (Å²) in [7, 11) is -2.14. The Bertz CT molecular complexity index is 1560. The van der Waals surface area contributed by atoms with E-state index in [0.29, 0.717) is 22.5 Å². The normalized spacial score (nSPS) is 23.4. The number of hydrogen-bond acceptors (Lipinski definition) is 7. The first-order valence-electron chi connectivity index (χ1n) is 11.7. The van der Waals surface area contributed by atoms with E-state index >= 15 is 0 Å². The van der Waals surface area contributed by atoms with Gasteiger partial charge in [-0.15, -0.1) is 0 Å². The van der Waals surface area contributed by atoms with Gasteiger partial charge in [-0.2, -0.15) is 0 Å². The minimum atomic E-state index is -3.51. The molecule has 0 aliphatic carbocycles. The van der Waals surface area contributed by atoms with Crippen molar-refractivity contribution < 1.29 is 32.1 Å². The standard InChI is InChI=1S/C26H24FN3O6S/c1-28-37(32,33)17-8-6-15(7-9-17)14-2-4-16(5-3-14)24-18(27)10-19-20(30-24)11-23(29-19)36-22-13-35-25-21(31)12-34-26(22)25/h2-11,21-22,25-26,28-29,31H,12-13H2,1H3/t21-,22-,25-,26-/m1/s1. The second-order valence-electron chi connectivity index (χ2n) is 9.01. The molecule has 2 aliphatic heterocycles. The maximum Gasteiger partial charge on any atom is 0.240 e. The van der Waals surface area contributed by atoms with Crippen LogP contribution in [-0.4, -0.2) is 68.2 Å². The topological polar surface area (TPSA) is 123 Å². The summed E-state index contributed by atoms with van der Waals surface area (Å²) in [4.78, 5) is 7.72. The number of rotatable bonds is 6. The summed E-state index contributed by atoms with van der Waals surface area (Å²) >= 11 is 0. The minimum absolute atomic E-state index is 0.179. The monoisotopic (exact) mass is 525 g/mol. The molecule has 2 aromatic carbocycles. The zero-order chi connectivity index (χ0) is 25.7. The predicted octanol–water partition coefficient (Wildman–Crippen LogP) is 2.85. The molecule has 2 fully saturated rings. The number of aliphatic hydroxyl groups is 1. The number of benzene rings is 2. The van der Waals surface area contributed by atoms with E-state index in [-0.39, 0.29) is 36.0 Å². The van der Waals surface area contributed by atoms with Gasteiger partial charge in [-0.25, -0.2) is 22.5 Å². The molecule has 4 atom stereocenters. The van der Waals surface area contributed by atoms with Crippen molar-refractivity contribution in [3.8, 4) is 28.3 Å². The largest absolute Gasteiger partial charge is 0.470 e. The maximum atomic E-state index is 15.0. The molecule has 4 aromatic rings. The van der Waals surface area contributed by atoms with Crippen LogP contribution in [0, 0.1) is 5.82 Å². The highest BCUT2D eigenvalue weighted by atomic mass is 32.2. The number of fused-ring (bicyclic) bond motifs is 2. The Labute approximate surface area is 212 Å². The molecule has 0 radical (unpaired) electrons. The third kappa shape index (κ3) is 4.38. The molecule has 4 heterocycles. The smallest absolute Gasteiger partial charge is 0.240 e. The van der Waals surface area contributed by atoms with Crippen molar-refractivity contribution in [1.82, 2.24) is 14.7 Å². The van der Waals surface area contributed by atoms with Gasteiger partial charge in [-0.3, -0.25) is 0 Å². The summed E-state index contributed by atoms with van der Waals surface area (Å²) in [6, 6.07) is 16.8. The Morgan fingerprint density at radius 3 is 2.35 bits per heavy atom. The first-order valence-corrected chi connectivity index (χ1v) is 13.2. The van der Waals surface area contributed by atoms with Gasteiger partial charge in [0.15, 0.2) is 17.8 Å². The Hall–Kier alpha value is -3.35. The van der Waals surface area contributed by atoms with Crippen molar-refractivity contribution in [3.63, 3.8) is 0 Å². The zero-order valence-electron chi connectivity index (χ0n) is 19.7. The van der Waals surface area contributed by atoms with Gasteiger partial charge in [0.2, 0.25) is 10.0 Å². The molecule has 2 aromatic heterocycles. The molecule has 0 amide bonds. The Kier molecular flexibility index (Phi) is 5.97. The Morgan fingerprint density at radius 1 is 1.00 bits per heavy atom. The zero-order valence-corrected chi connectivity index (χ0v) is 20.5. The van der Waals surface area contributed by atoms with Crippen LogP contribution in [0.1, 0.15) is 0 Å². The summed E-state index contributed by atoms with van der Waals surface area (Å²) in [6.45, 7) is 0.496. The number of aromatic nitrogens is 2. The SMILES string of the molecule is CNS(=O)(=O)c1ccc(-c2ccc(-c3nc4cc(O[C@@H]5CO[C@H]6[C@@H]5OC[C@H]6O)[nH]c4cc3F)cc2)cc1. The average molecular weight is 526 g/mol. The van der Waals surface area contributed by atoms with E-state index in [4.69, 9.17) is 14.2 Å². The van der Waals surface area contributed by atoms with E-state index in [1.165, 1.54) is 25.2 Å². The number of pyridine rings is 1. The second kappa shape index (κ2) is 9.19. The van der Waals surface area contributed by atoms with Gasteiger partial charge in [0.05, 0.1) is 29.1 Å². The average Bonchev–Trinajstić information content (AvgIpc) is 3.60. The van der Waals surface area contributed by atoms with Gasteiger partial charge in [0, 0.05) is 17.7 Å². The van der Waals surface area contributed by atoms with Gasteiger partial charge in [0.25, 0.3) is 0 Å². The minimum Gasteiger partial charge on any atom is -0.470 e. The quantitative estimate of drug-likeness (QED) is 0.354. The van der Waals surface area contributed by atoms with Crippen molar-refractivity contribution in [2.24, 2.45) is 0 Å². The summed E-state index contributed by atoms with van der Waals surface area (Å²) in [5, 5.41) is 9.91.